The number of ether oxygens (including phenoxy) is 1. The van der Waals surface area contributed by atoms with Crippen LogP contribution in [0.25, 0.3) is 6.08 Å². The molecule has 168 valence electrons. The van der Waals surface area contributed by atoms with Gasteiger partial charge in [-0.15, -0.1) is 0 Å². The SMILES string of the molecule is CCOc1cc(/C=C2\SC(=Nc3ccccc3)N([C@H]3CCCC[C@H]3C)C2=O)cc(Cl)c1O. The number of aromatic hydroxyl groups is 1. The Bertz CT molecular complexity index is 1050. The first-order valence-electron chi connectivity index (χ1n) is 11.0. The maximum absolute atomic E-state index is 13.6. The molecular formula is C25H27ClN2O3S. The molecule has 0 aromatic heterocycles. The van der Waals surface area contributed by atoms with Crippen LogP contribution in [0.4, 0.5) is 5.69 Å². The molecule has 2 aromatic carbocycles. The molecule has 1 amide bonds. The number of carbonyl (C=O) groups is 1. The van der Waals surface area contributed by atoms with E-state index in [-0.39, 0.29) is 22.7 Å². The van der Waals surface area contributed by atoms with E-state index >= 15 is 0 Å². The van der Waals surface area contributed by atoms with Gasteiger partial charge in [-0.1, -0.05) is 49.6 Å². The number of nitrogens with zero attached hydrogens (tertiary/aromatic N) is 2. The van der Waals surface area contributed by atoms with Gasteiger partial charge in [0.05, 0.1) is 22.2 Å². The molecule has 2 aliphatic rings. The van der Waals surface area contributed by atoms with Crippen molar-refractivity contribution in [3.8, 4) is 11.5 Å². The molecule has 32 heavy (non-hydrogen) atoms. The highest BCUT2D eigenvalue weighted by atomic mass is 35.5. The van der Waals surface area contributed by atoms with E-state index in [1.807, 2.05) is 42.2 Å². The van der Waals surface area contributed by atoms with Gasteiger partial charge in [0, 0.05) is 6.04 Å². The second-order valence-electron chi connectivity index (χ2n) is 8.13. The van der Waals surface area contributed by atoms with Gasteiger partial charge in [0.25, 0.3) is 5.91 Å². The van der Waals surface area contributed by atoms with Gasteiger partial charge < -0.3 is 9.84 Å². The van der Waals surface area contributed by atoms with E-state index in [0.29, 0.717) is 33.9 Å². The van der Waals surface area contributed by atoms with Crippen LogP contribution in [0.1, 0.15) is 45.1 Å². The lowest BCUT2D eigenvalue weighted by Gasteiger charge is -2.35. The fourth-order valence-electron chi connectivity index (χ4n) is 4.24. The molecule has 5 nitrogen and oxygen atoms in total. The molecule has 1 heterocycles. The van der Waals surface area contributed by atoms with Crippen molar-refractivity contribution < 1.29 is 14.6 Å². The maximum Gasteiger partial charge on any atom is 0.267 e. The molecule has 4 rings (SSSR count). The number of aliphatic imine (C=N–C) groups is 1. The number of hydrogen-bond donors (Lipinski definition) is 1. The number of phenolic OH excluding ortho intramolecular Hbond substituents is 1. The van der Waals surface area contributed by atoms with Crippen molar-refractivity contribution in [1.82, 2.24) is 4.90 Å². The maximum atomic E-state index is 13.6. The number of hydrogen-bond acceptors (Lipinski definition) is 5. The predicted octanol–water partition coefficient (Wildman–Crippen LogP) is 6.63. The summed E-state index contributed by atoms with van der Waals surface area (Å²) in [6, 6.07) is 13.2. The molecule has 1 aliphatic heterocycles. The number of thioether (sulfide) groups is 1. The highest BCUT2D eigenvalue weighted by Crippen LogP contribution is 2.41. The summed E-state index contributed by atoms with van der Waals surface area (Å²) >= 11 is 7.58. The van der Waals surface area contributed by atoms with E-state index in [1.54, 1.807) is 18.2 Å². The van der Waals surface area contributed by atoms with Crippen molar-refractivity contribution in [2.24, 2.45) is 10.9 Å². The molecule has 0 bridgehead atoms. The van der Waals surface area contributed by atoms with Gasteiger partial charge in [0.2, 0.25) is 0 Å². The highest BCUT2D eigenvalue weighted by Gasteiger charge is 2.41. The van der Waals surface area contributed by atoms with Crippen molar-refractivity contribution in [2.75, 3.05) is 6.61 Å². The molecule has 1 N–H and O–H groups in total. The second-order valence-corrected chi connectivity index (χ2v) is 9.54. The minimum Gasteiger partial charge on any atom is -0.503 e. The monoisotopic (exact) mass is 470 g/mol. The van der Waals surface area contributed by atoms with Gasteiger partial charge in [-0.25, -0.2) is 4.99 Å². The van der Waals surface area contributed by atoms with E-state index < -0.39 is 0 Å². The predicted molar refractivity (Wildman–Crippen MR) is 132 cm³/mol. The molecular weight excluding hydrogens is 444 g/mol. The summed E-state index contributed by atoms with van der Waals surface area (Å²) in [5, 5.41) is 11.0. The summed E-state index contributed by atoms with van der Waals surface area (Å²) in [5.74, 6) is 0.593. The number of phenols is 1. The minimum absolute atomic E-state index is 0.0365. The van der Waals surface area contributed by atoms with Gasteiger partial charge >= 0.3 is 0 Å². The topological polar surface area (TPSA) is 62.1 Å². The largest absolute Gasteiger partial charge is 0.503 e. The molecule has 1 saturated carbocycles. The van der Waals surface area contributed by atoms with Gasteiger partial charge in [-0.05, 0) is 73.4 Å². The van der Waals surface area contributed by atoms with Gasteiger partial charge in [-0.2, -0.15) is 0 Å². The van der Waals surface area contributed by atoms with E-state index in [4.69, 9.17) is 21.3 Å². The lowest BCUT2D eigenvalue weighted by atomic mass is 9.85. The van der Waals surface area contributed by atoms with Crippen molar-refractivity contribution in [2.45, 2.75) is 45.6 Å². The van der Waals surface area contributed by atoms with Gasteiger partial charge in [-0.3, -0.25) is 9.69 Å². The molecule has 1 aliphatic carbocycles. The molecule has 0 radical (unpaired) electrons. The van der Waals surface area contributed by atoms with Crippen LogP contribution in [0, 0.1) is 5.92 Å². The second kappa shape index (κ2) is 10.0. The number of para-hydroxylation sites is 1. The minimum atomic E-state index is -0.0925. The standard InChI is InChI=1S/C25H27ClN2O3S/c1-3-31-21-14-17(13-19(26)23(21)29)15-22-24(30)28(20-12-8-7-9-16(20)2)25(32-22)27-18-10-5-4-6-11-18/h4-6,10-11,13-16,20,29H,3,7-9,12H2,1-2H3/b22-15-,27-25?/t16-,20+/m1/s1. The molecule has 2 fully saturated rings. The van der Waals surface area contributed by atoms with Crippen molar-refractivity contribution in [1.29, 1.82) is 0 Å². The van der Waals surface area contributed by atoms with Crippen LogP contribution < -0.4 is 4.74 Å². The van der Waals surface area contributed by atoms with Gasteiger partial charge in [0.1, 0.15) is 0 Å². The Hall–Kier alpha value is -2.44. The normalized spacial score (nSPS) is 23.8. The molecule has 0 unspecified atom stereocenters. The van der Waals surface area contributed by atoms with E-state index in [9.17, 15) is 9.90 Å². The quantitative estimate of drug-likeness (QED) is 0.498. The Morgan fingerprint density at radius 3 is 2.72 bits per heavy atom. The first-order valence-corrected chi connectivity index (χ1v) is 12.2. The zero-order chi connectivity index (χ0) is 22.7. The summed E-state index contributed by atoms with van der Waals surface area (Å²) < 4.78 is 5.49. The summed E-state index contributed by atoms with van der Waals surface area (Å²) in [4.78, 5) is 20.9. The van der Waals surface area contributed by atoms with Crippen LogP contribution in [0.5, 0.6) is 11.5 Å². The number of amides is 1. The first-order chi connectivity index (χ1) is 15.5. The van der Waals surface area contributed by atoms with Crippen LogP contribution in [0.15, 0.2) is 52.4 Å². The number of amidine groups is 1. The zero-order valence-electron chi connectivity index (χ0n) is 18.3. The summed E-state index contributed by atoms with van der Waals surface area (Å²) in [5.41, 5.74) is 1.52. The smallest absolute Gasteiger partial charge is 0.267 e. The Labute approximate surface area is 198 Å². The fourth-order valence-corrected chi connectivity index (χ4v) is 5.51. The summed E-state index contributed by atoms with van der Waals surface area (Å²) in [6.45, 7) is 4.46. The van der Waals surface area contributed by atoms with Gasteiger partial charge in [0.15, 0.2) is 16.7 Å². The number of rotatable bonds is 5. The Kier molecular flexibility index (Phi) is 7.11. The van der Waals surface area contributed by atoms with Crippen molar-refractivity contribution >= 4 is 46.2 Å². The lowest BCUT2D eigenvalue weighted by Crippen LogP contribution is -2.44. The fraction of sp³-hybridized carbons (Fsp3) is 0.360. The van der Waals surface area contributed by atoms with Crippen LogP contribution in [0.3, 0.4) is 0 Å². The third kappa shape index (κ3) is 4.81. The van der Waals surface area contributed by atoms with Crippen LogP contribution in [0.2, 0.25) is 5.02 Å². The average molecular weight is 471 g/mol. The molecule has 0 spiro atoms. The van der Waals surface area contributed by atoms with Crippen molar-refractivity contribution in [3.05, 3.63) is 58.0 Å². The third-order valence-electron chi connectivity index (χ3n) is 5.86. The zero-order valence-corrected chi connectivity index (χ0v) is 19.8. The molecule has 2 aromatic rings. The number of benzene rings is 2. The van der Waals surface area contributed by atoms with E-state index in [1.165, 1.54) is 18.2 Å². The number of halogens is 1. The Balaban J connectivity index is 1.73. The average Bonchev–Trinajstić information content (AvgIpc) is 3.07. The molecule has 7 heteroatoms. The Morgan fingerprint density at radius 2 is 2.00 bits per heavy atom. The Morgan fingerprint density at radius 1 is 1.25 bits per heavy atom. The van der Waals surface area contributed by atoms with Crippen LogP contribution in [-0.2, 0) is 4.79 Å². The first kappa shape index (κ1) is 22.7. The van der Waals surface area contributed by atoms with Crippen LogP contribution >= 0.6 is 23.4 Å². The molecule has 2 atom stereocenters. The van der Waals surface area contributed by atoms with E-state index in [0.717, 1.165) is 24.9 Å². The summed E-state index contributed by atoms with van der Waals surface area (Å²) in [7, 11) is 0. The third-order valence-corrected chi connectivity index (χ3v) is 7.14. The highest BCUT2D eigenvalue weighted by molar-refractivity contribution is 8.18. The van der Waals surface area contributed by atoms with Crippen molar-refractivity contribution in [3.63, 3.8) is 0 Å². The van der Waals surface area contributed by atoms with Crippen LogP contribution in [-0.4, -0.2) is 33.7 Å². The molecule has 1 saturated heterocycles. The lowest BCUT2D eigenvalue weighted by molar-refractivity contribution is -0.124. The summed E-state index contributed by atoms with van der Waals surface area (Å²) in [6.07, 6.45) is 6.21. The number of carbonyl (C=O) groups excluding carboxylic acids is 1. The van der Waals surface area contributed by atoms with E-state index in [2.05, 4.69) is 6.92 Å².